The van der Waals surface area contributed by atoms with Gasteiger partial charge >= 0.3 is 0 Å². The predicted octanol–water partition coefficient (Wildman–Crippen LogP) is 1.89. The molecule has 0 bridgehead atoms. The van der Waals surface area contributed by atoms with Crippen LogP contribution < -0.4 is 20.9 Å². The maximum absolute atomic E-state index is 12.9. The highest BCUT2D eigenvalue weighted by atomic mass is 32.2. The number of carbonyl (C=O) groups excluding carboxylic acids is 3. The number of nitrogens with one attached hydrogen (secondary N) is 3. The van der Waals surface area contributed by atoms with Gasteiger partial charge in [-0.15, -0.1) is 0 Å². The Hall–Kier alpha value is -3.01. The van der Waals surface area contributed by atoms with Gasteiger partial charge in [-0.3, -0.25) is 25.2 Å². The molecule has 156 valence electrons. The number of benzene rings is 1. The first kappa shape index (κ1) is 22.3. The monoisotopic (exact) mass is 423 g/mol. The van der Waals surface area contributed by atoms with Crippen LogP contribution in [0.4, 0.5) is 4.39 Å². The van der Waals surface area contributed by atoms with Crippen molar-refractivity contribution in [2.24, 2.45) is 0 Å². The molecule has 0 radical (unpaired) electrons. The molecule has 0 aliphatic rings. The van der Waals surface area contributed by atoms with Gasteiger partial charge < -0.3 is 14.5 Å². The number of rotatable bonds is 9. The van der Waals surface area contributed by atoms with Gasteiger partial charge in [0.05, 0.1) is 6.26 Å². The van der Waals surface area contributed by atoms with E-state index in [0.29, 0.717) is 17.9 Å². The molecule has 1 heterocycles. The molecule has 0 aliphatic carbocycles. The molecule has 3 amide bonds. The minimum atomic E-state index is -0.942. The maximum Gasteiger partial charge on any atom is 0.287 e. The zero-order valence-electron chi connectivity index (χ0n) is 15.9. The molecule has 0 saturated heterocycles. The van der Waals surface area contributed by atoms with Crippen molar-refractivity contribution in [3.63, 3.8) is 0 Å². The number of ether oxygens (including phenoxy) is 1. The molecule has 10 heteroatoms. The number of furan rings is 1. The molecule has 0 aliphatic heterocycles. The van der Waals surface area contributed by atoms with Gasteiger partial charge in [0, 0.05) is 0 Å². The van der Waals surface area contributed by atoms with E-state index in [2.05, 4.69) is 16.2 Å². The summed E-state index contributed by atoms with van der Waals surface area (Å²) in [4.78, 5) is 36.7. The van der Waals surface area contributed by atoms with Crippen LogP contribution >= 0.6 is 11.8 Å². The predicted molar refractivity (Wildman–Crippen MR) is 106 cm³/mol. The van der Waals surface area contributed by atoms with Crippen LogP contribution in [0.3, 0.4) is 0 Å². The Morgan fingerprint density at radius 1 is 1.14 bits per heavy atom. The molecule has 3 N–H and O–H groups in total. The summed E-state index contributed by atoms with van der Waals surface area (Å²) in [6, 6.07) is 7.37. The molecule has 1 aromatic carbocycles. The molecule has 0 spiro atoms. The van der Waals surface area contributed by atoms with E-state index in [1.165, 1.54) is 55.3 Å². The standard InChI is InChI=1S/C19H22FN3O5S/c1-12(28-14-7-5-13(20)6-8-14)17(24)22-23-18(25)15(9-11-29-2)21-19(26)16-4-3-10-27-16/h3-8,10,12,15H,9,11H2,1-2H3,(H,21,26)(H,22,24)(H,23,25). The Bertz CT molecular complexity index is 814. The number of hydrogen-bond acceptors (Lipinski definition) is 6. The second kappa shape index (κ2) is 11.1. The molecule has 0 saturated carbocycles. The number of halogens is 1. The van der Waals surface area contributed by atoms with Crippen molar-refractivity contribution in [2.75, 3.05) is 12.0 Å². The van der Waals surface area contributed by atoms with Crippen LogP contribution in [0, 0.1) is 5.82 Å². The lowest BCUT2D eigenvalue weighted by molar-refractivity contribution is -0.133. The largest absolute Gasteiger partial charge is 0.481 e. The van der Waals surface area contributed by atoms with Crippen molar-refractivity contribution in [1.29, 1.82) is 0 Å². The second-order valence-corrected chi connectivity index (χ2v) is 6.96. The number of hydrazine groups is 1. The summed E-state index contributed by atoms with van der Waals surface area (Å²) in [7, 11) is 0. The summed E-state index contributed by atoms with van der Waals surface area (Å²) in [5.41, 5.74) is 4.54. The summed E-state index contributed by atoms with van der Waals surface area (Å²) in [5, 5.41) is 2.58. The lowest BCUT2D eigenvalue weighted by Crippen LogP contribution is -2.54. The summed E-state index contributed by atoms with van der Waals surface area (Å²) >= 11 is 1.51. The van der Waals surface area contributed by atoms with Crippen LogP contribution in [0.1, 0.15) is 23.9 Å². The third-order valence-electron chi connectivity index (χ3n) is 3.78. The van der Waals surface area contributed by atoms with Crippen LogP contribution in [0.2, 0.25) is 0 Å². The number of carbonyl (C=O) groups is 3. The molecule has 2 unspecified atom stereocenters. The normalized spacial score (nSPS) is 12.5. The SMILES string of the molecule is CSCCC(NC(=O)c1ccco1)C(=O)NNC(=O)C(C)Oc1ccc(F)cc1. The van der Waals surface area contributed by atoms with E-state index in [0.717, 1.165) is 0 Å². The van der Waals surface area contributed by atoms with E-state index in [9.17, 15) is 18.8 Å². The van der Waals surface area contributed by atoms with Crippen molar-refractivity contribution in [2.45, 2.75) is 25.5 Å². The minimum absolute atomic E-state index is 0.0808. The summed E-state index contributed by atoms with van der Waals surface area (Å²) < 4.78 is 23.3. The zero-order valence-corrected chi connectivity index (χ0v) is 16.8. The van der Waals surface area contributed by atoms with Gasteiger partial charge in [-0.05, 0) is 61.8 Å². The van der Waals surface area contributed by atoms with Crippen LogP contribution in [0.25, 0.3) is 0 Å². The highest BCUT2D eigenvalue weighted by Gasteiger charge is 2.23. The number of thioether (sulfide) groups is 1. The van der Waals surface area contributed by atoms with E-state index >= 15 is 0 Å². The molecular formula is C19H22FN3O5S. The van der Waals surface area contributed by atoms with Gasteiger partial charge in [-0.25, -0.2) is 4.39 Å². The van der Waals surface area contributed by atoms with Gasteiger partial charge in [0.2, 0.25) is 0 Å². The average molecular weight is 423 g/mol. The molecule has 29 heavy (non-hydrogen) atoms. The minimum Gasteiger partial charge on any atom is -0.481 e. The first-order chi connectivity index (χ1) is 13.9. The van der Waals surface area contributed by atoms with Crippen LogP contribution in [-0.4, -0.2) is 41.9 Å². The van der Waals surface area contributed by atoms with Crippen LogP contribution in [-0.2, 0) is 9.59 Å². The Kier molecular flexibility index (Phi) is 8.53. The lowest BCUT2D eigenvalue weighted by Gasteiger charge is -2.19. The smallest absolute Gasteiger partial charge is 0.287 e. The molecule has 2 atom stereocenters. The third-order valence-corrected chi connectivity index (χ3v) is 4.43. The van der Waals surface area contributed by atoms with Crippen molar-refractivity contribution >= 4 is 29.5 Å². The Morgan fingerprint density at radius 3 is 2.45 bits per heavy atom. The molecule has 2 rings (SSSR count). The molecule has 1 aromatic heterocycles. The highest BCUT2D eigenvalue weighted by Crippen LogP contribution is 2.13. The fourth-order valence-electron chi connectivity index (χ4n) is 2.22. The maximum atomic E-state index is 12.9. The van der Waals surface area contributed by atoms with Gasteiger partial charge in [-0.1, -0.05) is 0 Å². The van der Waals surface area contributed by atoms with Gasteiger partial charge in [0.1, 0.15) is 17.6 Å². The van der Waals surface area contributed by atoms with E-state index in [4.69, 9.17) is 9.15 Å². The Morgan fingerprint density at radius 2 is 1.83 bits per heavy atom. The van der Waals surface area contributed by atoms with Crippen molar-refractivity contribution < 1.29 is 27.9 Å². The lowest BCUT2D eigenvalue weighted by atomic mass is 10.2. The van der Waals surface area contributed by atoms with Crippen molar-refractivity contribution in [3.05, 3.63) is 54.2 Å². The summed E-state index contributed by atoms with van der Waals surface area (Å²) in [5.74, 6) is -1.13. The van der Waals surface area contributed by atoms with Gasteiger partial charge in [0.15, 0.2) is 11.9 Å². The molecule has 8 nitrogen and oxygen atoms in total. The summed E-state index contributed by atoms with van der Waals surface area (Å²) in [6.07, 6.45) is 2.65. The van der Waals surface area contributed by atoms with Gasteiger partial charge in [-0.2, -0.15) is 11.8 Å². The number of hydrogen-bond donors (Lipinski definition) is 3. The quantitative estimate of drug-likeness (QED) is 0.532. The van der Waals surface area contributed by atoms with E-state index < -0.39 is 35.7 Å². The van der Waals surface area contributed by atoms with E-state index in [-0.39, 0.29) is 5.76 Å². The molecule has 2 aromatic rings. The Balaban J connectivity index is 1.87. The average Bonchev–Trinajstić information content (AvgIpc) is 3.25. The van der Waals surface area contributed by atoms with E-state index in [1.54, 1.807) is 6.07 Å². The van der Waals surface area contributed by atoms with Gasteiger partial charge in [0.25, 0.3) is 17.7 Å². The number of amides is 3. The second-order valence-electron chi connectivity index (χ2n) is 5.98. The zero-order chi connectivity index (χ0) is 21.2. The topological polar surface area (TPSA) is 110 Å². The van der Waals surface area contributed by atoms with Crippen molar-refractivity contribution in [1.82, 2.24) is 16.2 Å². The Labute approximate surface area is 171 Å². The fraction of sp³-hybridized carbons (Fsp3) is 0.316. The molecule has 0 fully saturated rings. The third kappa shape index (κ3) is 7.15. The summed E-state index contributed by atoms with van der Waals surface area (Å²) in [6.45, 7) is 1.48. The first-order valence-corrected chi connectivity index (χ1v) is 10.2. The van der Waals surface area contributed by atoms with Crippen LogP contribution in [0.5, 0.6) is 5.75 Å². The van der Waals surface area contributed by atoms with E-state index in [1.807, 2.05) is 6.26 Å². The van der Waals surface area contributed by atoms with Crippen molar-refractivity contribution in [3.8, 4) is 5.75 Å². The molecular weight excluding hydrogens is 401 g/mol. The highest BCUT2D eigenvalue weighted by molar-refractivity contribution is 7.98. The van der Waals surface area contributed by atoms with Crippen LogP contribution in [0.15, 0.2) is 47.1 Å². The first-order valence-electron chi connectivity index (χ1n) is 8.76. The fourth-order valence-corrected chi connectivity index (χ4v) is 2.70.